The lowest BCUT2D eigenvalue weighted by Gasteiger charge is -2.50. The Hall–Kier alpha value is -3.09. The summed E-state index contributed by atoms with van der Waals surface area (Å²) in [5.74, 6) is 0.0802. The Balaban J connectivity index is 1.49. The quantitative estimate of drug-likeness (QED) is 0.404. The molecular formula is C30H32FN3O2. The van der Waals surface area contributed by atoms with Gasteiger partial charge in [-0.25, -0.2) is 9.37 Å². The van der Waals surface area contributed by atoms with Gasteiger partial charge in [0.05, 0.1) is 29.7 Å². The zero-order chi connectivity index (χ0) is 24.8. The van der Waals surface area contributed by atoms with Crippen molar-refractivity contribution in [2.45, 2.75) is 56.0 Å². The maximum atomic E-state index is 13.5. The Morgan fingerprint density at radius 2 is 2.00 bits per heavy atom. The van der Waals surface area contributed by atoms with Crippen LogP contribution >= 0.6 is 0 Å². The van der Waals surface area contributed by atoms with E-state index in [-0.39, 0.29) is 11.2 Å². The lowest BCUT2D eigenvalue weighted by Crippen LogP contribution is -2.51. The van der Waals surface area contributed by atoms with Gasteiger partial charge in [-0.05, 0) is 104 Å². The van der Waals surface area contributed by atoms with Crippen LogP contribution in [0.15, 0.2) is 67.3 Å². The molecule has 2 aliphatic rings. The van der Waals surface area contributed by atoms with Crippen LogP contribution in [0.1, 0.15) is 48.9 Å². The van der Waals surface area contributed by atoms with Gasteiger partial charge in [0.25, 0.3) is 0 Å². The molecule has 2 aliphatic carbocycles. The fourth-order valence-corrected chi connectivity index (χ4v) is 6.81. The minimum atomic E-state index is -0.785. The monoisotopic (exact) mass is 485 g/mol. The van der Waals surface area contributed by atoms with E-state index in [0.29, 0.717) is 18.9 Å². The molecule has 0 unspecified atom stereocenters. The molecule has 0 amide bonds. The van der Waals surface area contributed by atoms with E-state index in [1.807, 2.05) is 18.6 Å². The average Bonchev–Trinajstić information content (AvgIpc) is 3.23. The summed E-state index contributed by atoms with van der Waals surface area (Å²) in [5, 5.41) is 11.4. The molecule has 1 fully saturated rings. The van der Waals surface area contributed by atoms with E-state index < -0.39 is 5.60 Å². The molecule has 0 radical (unpaired) electrons. The molecule has 1 N–H and O–H groups in total. The summed E-state index contributed by atoms with van der Waals surface area (Å²) in [6, 6.07) is 15.0. The highest BCUT2D eigenvalue weighted by molar-refractivity contribution is 5.78. The van der Waals surface area contributed by atoms with Crippen LogP contribution < -0.4 is 0 Å². The number of ether oxygens (including phenoxy) is 1. The highest BCUT2D eigenvalue weighted by Crippen LogP contribution is 2.53. The largest absolute Gasteiger partial charge is 0.387 e. The van der Waals surface area contributed by atoms with Gasteiger partial charge >= 0.3 is 0 Å². The van der Waals surface area contributed by atoms with Crippen LogP contribution in [0.5, 0.6) is 0 Å². The van der Waals surface area contributed by atoms with Crippen LogP contribution in [0.2, 0.25) is 0 Å². The first-order valence-electron chi connectivity index (χ1n) is 12.9. The molecule has 6 heteroatoms. The fraction of sp³-hybridized carbons (Fsp3) is 0.400. The number of fused-ring (bicyclic) bond motifs is 4. The van der Waals surface area contributed by atoms with Gasteiger partial charge in [0.2, 0.25) is 0 Å². The van der Waals surface area contributed by atoms with Gasteiger partial charge in [0.15, 0.2) is 0 Å². The second kappa shape index (κ2) is 9.09. The van der Waals surface area contributed by atoms with Crippen LogP contribution in [0.4, 0.5) is 4.39 Å². The first-order valence-corrected chi connectivity index (χ1v) is 12.9. The third kappa shape index (κ3) is 4.02. The molecule has 0 bridgehead atoms. The molecule has 3 heterocycles. The summed E-state index contributed by atoms with van der Waals surface area (Å²) in [7, 11) is 1.67. The summed E-state index contributed by atoms with van der Waals surface area (Å²) in [4.78, 5) is 9.43. The predicted molar refractivity (Wildman–Crippen MR) is 137 cm³/mol. The van der Waals surface area contributed by atoms with Gasteiger partial charge in [-0.3, -0.25) is 4.98 Å². The highest BCUT2D eigenvalue weighted by atomic mass is 19.1. The summed E-state index contributed by atoms with van der Waals surface area (Å²) in [5.41, 5.74) is 5.71. The number of hydrogen-bond donors (Lipinski definition) is 1. The number of rotatable bonds is 5. The Morgan fingerprint density at radius 3 is 2.78 bits per heavy atom. The van der Waals surface area contributed by atoms with Crippen LogP contribution in [-0.4, -0.2) is 38.8 Å². The Bertz CT molecular complexity index is 1370. The smallest absolute Gasteiger partial charge is 0.123 e. The number of pyridine rings is 2. The van der Waals surface area contributed by atoms with Crippen molar-refractivity contribution in [3.05, 3.63) is 89.9 Å². The zero-order valence-corrected chi connectivity index (χ0v) is 20.7. The SMILES string of the molecule is COC[C@]1(O)CC[C@]2(Cc3ccccn3)c3cn4cnc(-c5ccc(F)cc5)c4cc3CCC[C@@H]2C1. The second-order valence-electron chi connectivity index (χ2n) is 10.7. The minimum Gasteiger partial charge on any atom is -0.387 e. The van der Waals surface area contributed by atoms with Gasteiger partial charge in [-0.1, -0.05) is 6.07 Å². The molecule has 0 aliphatic heterocycles. The van der Waals surface area contributed by atoms with E-state index in [9.17, 15) is 9.50 Å². The molecule has 186 valence electrons. The first-order chi connectivity index (χ1) is 17.5. The Kier molecular flexibility index (Phi) is 5.89. The number of benzene rings is 1. The molecule has 36 heavy (non-hydrogen) atoms. The van der Waals surface area contributed by atoms with Crippen LogP contribution in [0.25, 0.3) is 16.8 Å². The number of nitrogens with zero attached hydrogens (tertiary/aromatic N) is 3. The van der Waals surface area contributed by atoms with Crippen LogP contribution in [0.3, 0.4) is 0 Å². The van der Waals surface area contributed by atoms with Crippen LogP contribution in [-0.2, 0) is 23.0 Å². The lowest BCUT2D eigenvalue weighted by atomic mass is 9.56. The zero-order valence-electron chi connectivity index (χ0n) is 20.7. The molecular weight excluding hydrogens is 453 g/mol. The lowest BCUT2D eigenvalue weighted by molar-refractivity contribution is -0.0899. The molecule has 0 spiro atoms. The highest BCUT2D eigenvalue weighted by Gasteiger charge is 2.51. The standard InChI is InChI=1S/C30H32FN3O2/c1-36-19-29(35)12-13-30(17-25-7-2-3-14-32-25)23(16-29)6-4-5-22-15-27-28(21-8-10-24(31)11-9-21)33-20-34(27)18-26(22)30/h2-3,7-11,14-15,18,20,23,35H,4-6,12-13,16-17,19H2,1H3/t23-,29+,30-/m1/s1. The summed E-state index contributed by atoms with van der Waals surface area (Å²) in [6.07, 6.45) is 12.3. The van der Waals surface area contributed by atoms with Gasteiger partial charge in [-0.2, -0.15) is 0 Å². The predicted octanol–water partition coefficient (Wildman–Crippen LogP) is 5.53. The van der Waals surface area contributed by atoms with Crippen molar-refractivity contribution in [3.8, 4) is 11.3 Å². The number of aryl methyl sites for hydroxylation is 1. The summed E-state index contributed by atoms with van der Waals surface area (Å²) in [6.45, 7) is 0.373. The van der Waals surface area contributed by atoms with Gasteiger partial charge < -0.3 is 14.2 Å². The van der Waals surface area contributed by atoms with Crippen molar-refractivity contribution in [2.24, 2.45) is 5.92 Å². The molecule has 1 aromatic carbocycles. The van der Waals surface area contributed by atoms with Crippen molar-refractivity contribution >= 4 is 5.52 Å². The molecule has 4 aromatic rings. The van der Waals surface area contributed by atoms with E-state index >= 15 is 0 Å². The molecule has 3 atom stereocenters. The van der Waals surface area contributed by atoms with Crippen molar-refractivity contribution < 1.29 is 14.2 Å². The van der Waals surface area contributed by atoms with Crippen molar-refractivity contribution in [1.29, 1.82) is 0 Å². The van der Waals surface area contributed by atoms with E-state index in [0.717, 1.165) is 61.0 Å². The van der Waals surface area contributed by atoms with Gasteiger partial charge in [0.1, 0.15) is 5.82 Å². The molecule has 6 rings (SSSR count). The third-order valence-corrected chi connectivity index (χ3v) is 8.49. The topological polar surface area (TPSA) is 59.7 Å². The van der Waals surface area contributed by atoms with E-state index in [4.69, 9.17) is 14.7 Å². The fourth-order valence-electron chi connectivity index (χ4n) is 6.81. The maximum Gasteiger partial charge on any atom is 0.123 e. The number of imidazole rings is 1. The van der Waals surface area contributed by atoms with Crippen molar-refractivity contribution in [3.63, 3.8) is 0 Å². The minimum absolute atomic E-state index is 0.116. The van der Waals surface area contributed by atoms with Gasteiger partial charge in [0, 0.05) is 36.2 Å². The third-order valence-electron chi connectivity index (χ3n) is 8.49. The van der Waals surface area contributed by atoms with Crippen LogP contribution in [0, 0.1) is 11.7 Å². The molecule has 3 aromatic heterocycles. The average molecular weight is 486 g/mol. The number of methoxy groups -OCH3 is 1. The second-order valence-corrected chi connectivity index (χ2v) is 10.7. The molecule has 0 saturated heterocycles. The number of halogens is 1. The normalized spacial score (nSPS) is 25.8. The number of aliphatic hydroxyl groups is 1. The number of hydrogen-bond acceptors (Lipinski definition) is 4. The van der Waals surface area contributed by atoms with Gasteiger partial charge in [-0.15, -0.1) is 0 Å². The van der Waals surface area contributed by atoms with Crippen molar-refractivity contribution in [1.82, 2.24) is 14.4 Å². The molecule has 5 nitrogen and oxygen atoms in total. The first kappa shape index (κ1) is 23.3. The van der Waals surface area contributed by atoms with Crippen molar-refractivity contribution in [2.75, 3.05) is 13.7 Å². The molecule has 1 saturated carbocycles. The Morgan fingerprint density at radius 1 is 1.14 bits per heavy atom. The van der Waals surface area contributed by atoms with E-state index in [1.165, 1.54) is 23.3 Å². The van der Waals surface area contributed by atoms with E-state index in [1.54, 1.807) is 19.2 Å². The van der Waals surface area contributed by atoms with E-state index in [2.05, 4.69) is 28.8 Å². The number of aromatic nitrogens is 3. The summed E-state index contributed by atoms with van der Waals surface area (Å²) >= 11 is 0. The Labute approximate surface area is 211 Å². The summed E-state index contributed by atoms with van der Waals surface area (Å²) < 4.78 is 21.1. The maximum absolute atomic E-state index is 13.5.